The molecular formula is C15H24N2S2. The number of thiazole rings is 2. The van der Waals surface area contributed by atoms with Crippen molar-refractivity contribution in [3.8, 4) is 0 Å². The van der Waals surface area contributed by atoms with Gasteiger partial charge in [0.25, 0.3) is 0 Å². The quantitative estimate of drug-likeness (QED) is 0.668. The summed E-state index contributed by atoms with van der Waals surface area (Å²) in [6, 6.07) is 0. The summed E-state index contributed by atoms with van der Waals surface area (Å²) in [5.41, 5.74) is 1.59. The standard InChI is InChI=1S/C8H13NS.C7H11NS/c1-6-5-10-7(9-6)8(2,3)4;1-7(2,3)6-8-4-5-9-6/h5H,1-4H3;4-5H,1-3H3. The molecule has 0 spiro atoms. The fourth-order valence-electron chi connectivity index (χ4n) is 1.29. The highest BCUT2D eigenvalue weighted by Crippen LogP contribution is 2.25. The van der Waals surface area contributed by atoms with Crippen LogP contribution in [-0.2, 0) is 10.8 Å². The van der Waals surface area contributed by atoms with Crippen molar-refractivity contribution in [1.82, 2.24) is 9.97 Å². The molecule has 0 amide bonds. The zero-order valence-electron chi connectivity index (χ0n) is 12.9. The van der Waals surface area contributed by atoms with E-state index in [9.17, 15) is 0 Å². The second kappa shape index (κ2) is 6.14. The summed E-state index contributed by atoms with van der Waals surface area (Å²) < 4.78 is 0. The van der Waals surface area contributed by atoms with E-state index in [4.69, 9.17) is 0 Å². The summed E-state index contributed by atoms with van der Waals surface area (Å²) in [7, 11) is 0. The fraction of sp³-hybridized carbons (Fsp3) is 0.600. The summed E-state index contributed by atoms with van der Waals surface area (Å²) in [6.07, 6.45) is 1.85. The van der Waals surface area contributed by atoms with Crippen LogP contribution in [0.4, 0.5) is 0 Å². The molecule has 0 aromatic carbocycles. The lowest BCUT2D eigenvalue weighted by atomic mass is 9.98. The van der Waals surface area contributed by atoms with Crippen molar-refractivity contribution in [3.63, 3.8) is 0 Å². The average molecular weight is 297 g/mol. The second-order valence-corrected chi connectivity index (χ2v) is 8.38. The number of hydrogen-bond donors (Lipinski definition) is 0. The molecule has 0 fully saturated rings. The van der Waals surface area contributed by atoms with Gasteiger partial charge >= 0.3 is 0 Å². The van der Waals surface area contributed by atoms with Gasteiger partial charge in [-0.1, -0.05) is 41.5 Å². The maximum absolute atomic E-state index is 4.40. The molecule has 19 heavy (non-hydrogen) atoms. The zero-order chi connectivity index (χ0) is 14.7. The third-order valence-corrected chi connectivity index (χ3v) is 4.92. The first kappa shape index (κ1) is 16.3. The largest absolute Gasteiger partial charge is 0.249 e. The minimum Gasteiger partial charge on any atom is -0.249 e. The number of aryl methyl sites for hydroxylation is 1. The minimum atomic E-state index is 0.221. The second-order valence-electron chi connectivity index (χ2n) is 6.63. The monoisotopic (exact) mass is 296 g/mol. The Morgan fingerprint density at radius 3 is 1.68 bits per heavy atom. The van der Waals surface area contributed by atoms with Crippen LogP contribution in [0.2, 0.25) is 0 Å². The maximum Gasteiger partial charge on any atom is 0.0981 e. The Kier molecular flexibility index (Phi) is 5.27. The van der Waals surface area contributed by atoms with E-state index >= 15 is 0 Å². The van der Waals surface area contributed by atoms with Crippen molar-refractivity contribution in [2.75, 3.05) is 0 Å². The van der Waals surface area contributed by atoms with Crippen LogP contribution in [-0.4, -0.2) is 9.97 Å². The van der Waals surface area contributed by atoms with Gasteiger partial charge in [0.1, 0.15) is 0 Å². The van der Waals surface area contributed by atoms with Crippen LogP contribution in [0.15, 0.2) is 17.0 Å². The number of nitrogens with zero attached hydrogens (tertiary/aromatic N) is 2. The molecular weight excluding hydrogens is 272 g/mol. The van der Waals surface area contributed by atoms with Crippen LogP contribution >= 0.6 is 22.7 Å². The van der Waals surface area contributed by atoms with E-state index in [2.05, 4.69) is 56.9 Å². The predicted octanol–water partition coefficient (Wildman–Crippen LogP) is 5.19. The topological polar surface area (TPSA) is 25.8 Å². The van der Waals surface area contributed by atoms with Gasteiger partial charge < -0.3 is 0 Å². The van der Waals surface area contributed by atoms with Crippen LogP contribution in [0.3, 0.4) is 0 Å². The Morgan fingerprint density at radius 1 is 0.895 bits per heavy atom. The van der Waals surface area contributed by atoms with E-state index in [-0.39, 0.29) is 10.8 Å². The van der Waals surface area contributed by atoms with Gasteiger partial charge in [0.2, 0.25) is 0 Å². The smallest absolute Gasteiger partial charge is 0.0981 e. The van der Waals surface area contributed by atoms with Gasteiger partial charge in [-0.05, 0) is 6.92 Å². The van der Waals surface area contributed by atoms with Crippen molar-refractivity contribution in [1.29, 1.82) is 0 Å². The lowest BCUT2D eigenvalue weighted by molar-refractivity contribution is 0.584. The molecule has 0 atom stereocenters. The first-order valence-corrected chi connectivity index (χ1v) is 8.19. The molecule has 2 aromatic heterocycles. The van der Waals surface area contributed by atoms with Crippen LogP contribution in [0.5, 0.6) is 0 Å². The Balaban J connectivity index is 0.000000191. The van der Waals surface area contributed by atoms with Gasteiger partial charge in [-0.2, -0.15) is 0 Å². The first-order chi connectivity index (χ1) is 8.60. The molecule has 106 valence electrons. The van der Waals surface area contributed by atoms with Crippen molar-refractivity contribution in [3.05, 3.63) is 32.7 Å². The van der Waals surface area contributed by atoms with Crippen LogP contribution < -0.4 is 0 Å². The highest BCUT2D eigenvalue weighted by molar-refractivity contribution is 7.10. The zero-order valence-corrected chi connectivity index (χ0v) is 14.6. The minimum absolute atomic E-state index is 0.221. The molecule has 0 N–H and O–H groups in total. The van der Waals surface area contributed by atoms with Crippen LogP contribution in [0.25, 0.3) is 0 Å². The molecule has 2 heterocycles. The molecule has 0 unspecified atom stereocenters. The van der Waals surface area contributed by atoms with E-state index in [0.29, 0.717) is 0 Å². The molecule has 2 aromatic rings. The summed E-state index contributed by atoms with van der Waals surface area (Å²) in [5.74, 6) is 0. The number of hydrogen-bond acceptors (Lipinski definition) is 4. The predicted molar refractivity (Wildman–Crippen MR) is 86.4 cm³/mol. The third kappa shape index (κ3) is 5.41. The van der Waals surface area contributed by atoms with E-state index in [1.807, 2.05) is 18.5 Å². The normalized spacial score (nSPS) is 11.9. The maximum atomic E-state index is 4.40. The molecule has 2 nitrogen and oxygen atoms in total. The van der Waals surface area contributed by atoms with Crippen molar-refractivity contribution in [2.45, 2.75) is 59.3 Å². The Hall–Kier alpha value is -0.740. The lowest BCUT2D eigenvalue weighted by Crippen LogP contribution is -2.10. The average Bonchev–Trinajstić information content (AvgIpc) is 2.84. The molecule has 0 saturated carbocycles. The molecule has 2 rings (SSSR count). The molecule has 0 saturated heterocycles. The number of aromatic nitrogens is 2. The summed E-state index contributed by atoms with van der Waals surface area (Å²) in [4.78, 5) is 8.61. The molecule has 0 aliphatic carbocycles. The fourth-order valence-corrected chi connectivity index (χ4v) is 2.90. The van der Waals surface area contributed by atoms with Gasteiger partial charge in [-0.25, -0.2) is 9.97 Å². The SMILES string of the molecule is CC(C)(C)c1nccs1.Cc1csc(C(C)(C)C)n1. The first-order valence-electron chi connectivity index (χ1n) is 6.43. The summed E-state index contributed by atoms with van der Waals surface area (Å²) in [5, 5.41) is 6.55. The van der Waals surface area contributed by atoms with Crippen molar-refractivity contribution < 1.29 is 0 Å². The van der Waals surface area contributed by atoms with E-state index in [0.717, 1.165) is 5.69 Å². The van der Waals surface area contributed by atoms with Gasteiger partial charge in [-0.15, -0.1) is 22.7 Å². The molecule has 0 bridgehead atoms. The van der Waals surface area contributed by atoms with Gasteiger partial charge in [-0.3, -0.25) is 0 Å². The van der Waals surface area contributed by atoms with Gasteiger partial charge in [0, 0.05) is 33.5 Å². The van der Waals surface area contributed by atoms with E-state index in [1.165, 1.54) is 10.0 Å². The van der Waals surface area contributed by atoms with Crippen molar-refractivity contribution in [2.24, 2.45) is 0 Å². The Morgan fingerprint density at radius 2 is 1.47 bits per heavy atom. The van der Waals surface area contributed by atoms with Gasteiger partial charge in [0.15, 0.2) is 0 Å². The third-order valence-electron chi connectivity index (χ3n) is 2.33. The Labute approximate surface area is 124 Å². The highest BCUT2D eigenvalue weighted by Gasteiger charge is 2.16. The number of rotatable bonds is 0. The van der Waals surface area contributed by atoms with Gasteiger partial charge in [0.05, 0.1) is 10.0 Å². The lowest BCUT2D eigenvalue weighted by Gasteiger charge is -2.13. The Bertz CT molecular complexity index is 485. The summed E-state index contributed by atoms with van der Waals surface area (Å²) >= 11 is 3.46. The van der Waals surface area contributed by atoms with Crippen LogP contribution in [0, 0.1) is 6.92 Å². The highest BCUT2D eigenvalue weighted by atomic mass is 32.1. The van der Waals surface area contributed by atoms with Crippen molar-refractivity contribution >= 4 is 22.7 Å². The van der Waals surface area contributed by atoms with E-state index < -0.39 is 0 Å². The molecule has 0 aliphatic heterocycles. The molecule has 0 aliphatic rings. The van der Waals surface area contributed by atoms with Crippen LogP contribution in [0.1, 0.15) is 57.3 Å². The molecule has 0 radical (unpaired) electrons. The molecule has 4 heteroatoms. The van der Waals surface area contributed by atoms with E-state index in [1.54, 1.807) is 22.7 Å². The summed E-state index contributed by atoms with van der Waals surface area (Å²) in [6.45, 7) is 15.1.